The Labute approximate surface area is 151 Å². The van der Waals surface area contributed by atoms with Crippen molar-refractivity contribution in [3.63, 3.8) is 0 Å². The quantitative estimate of drug-likeness (QED) is 0.908. The Hall–Kier alpha value is -2.83. The molecular formula is C19H21N3O4. The molecule has 0 saturated heterocycles. The molecule has 1 saturated carbocycles. The van der Waals surface area contributed by atoms with Crippen LogP contribution in [0.15, 0.2) is 35.4 Å². The van der Waals surface area contributed by atoms with Gasteiger partial charge >= 0.3 is 0 Å². The van der Waals surface area contributed by atoms with E-state index in [2.05, 4.69) is 10.3 Å². The number of benzene rings is 1. The van der Waals surface area contributed by atoms with Crippen LogP contribution in [0.4, 0.5) is 0 Å². The number of carbonyl (C=O) groups is 1. The van der Waals surface area contributed by atoms with Crippen molar-refractivity contribution in [2.24, 2.45) is 0 Å². The number of nitrogens with one attached hydrogen (secondary N) is 1. The highest BCUT2D eigenvalue weighted by atomic mass is 16.7. The van der Waals surface area contributed by atoms with Crippen LogP contribution in [0.3, 0.4) is 0 Å². The number of nitrogens with zero attached hydrogens (tertiary/aromatic N) is 2. The third-order valence-electron chi connectivity index (χ3n) is 4.83. The first-order chi connectivity index (χ1) is 12.7. The summed E-state index contributed by atoms with van der Waals surface area (Å²) < 4.78 is 12.0. The second-order valence-electron chi connectivity index (χ2n) is 6.71. The van der Waals surface area contributed by atoms with E-state index in [1.54, 1.807) is 12.1 Å². The van der Waals surface area contributed by atoms with E-state index in [1.807, 2.05) is 6.07 Å². The van der Waals surface area contributed by atoms with Crippen molar-refractivity contribution < 1.29 is 14.3 Å². The number of amides is 1. The van der Waals surface area contributed by atoms with E-state index in [1.165, 1.54) is 23.4 Å². The van der Waals surface area contributed by atoms with Crippen molar-refractivity contribution in [1.29, 1.82) is 0 Å². The van der Waals surface area contributed by atoms with Crippen molar-refractivity contribution >= 4 is 5.91 Å². The molecule has 0 unspecified atom stereocenters. The molecular weight excluding hydrogens is 334 g/mol. The first-order valence-electron chi connectivity index (χ1n) is 8.95. The van der Waals surface area contributed by atoms with Crippen LogP contribution in [0.25, 0.3) is 11.3 Å². The third kappa shape index (κ3) is 3.56. The number of carbonyl (C=O) groups excluding carboxylic acids is 1. The minimum absolute atomic E-state index is 0.0102. The van der Waals surface area contributed by atoms with E-state index in [4.69, 9.17) is 9.47 Å². The van der Waals surface area contributed by atoms with Gasteiger partial charge in [0.1, 0.15) is 6.54 Å². The van der Waals surface area contributed by atoms with Gasteiger partial charge in [-0.15, -0.1) is 0 Å². The Morgan fingerprint density at radius 3 is 2.77 bits per heavy atom. The van der Waals surface area contributed by atoms with Crippen LogP contribution in [-0.2, 0) is 11.3 Å². The number of ether oxygens (including phenoxy) is 2. The van der Waals surface area contributed by atoms with Crippen LogP contribution in [0.2, 0.25) is 0 Å². The molecule has 7 nitrogen and oxygen atoms in total. The molecule has 0 atom stereocenters. The molecule has 2 heterocycles. The van der Waals surface area contributed by atoms with E-state index in [9.17, 15) is 9.59 Å². The summed E-state index contributed by atoms with van der Waals surface area (Å²) in [6.07, 6.45) is 6.98. The summed E-state index contributed by atoms with van der Waals surface area (Å²) in [6, 6.07) is 7.08. The summed E-state index contributed by atoms with van der Waals surface area (Å²) in [5.41, 5.74) is 1.05. The topological polar surface area (TPSA) is 82.5 Å². The first kappa shape index (κ1) is 16.6. The fourth-order valence-electron chi connectivity index (χ4n) is 3.43. The molecule has 7 heteroatoms. The van der Waals surface area contributed by atoms with Gasteiger partial charge in [-0.25, -0.2) is 4.98 Å². The van der Waals surface area contributed by atoms with Gasteiger partial charge in [0.15, 0.2) is 11.5 Å². The molecule has 1 fully saturated rings. The molecule has 2 aliphatic rings. The first-order valence-corrected chi connectivity index (χ1v) is 8.95. The molecule has 136 valence electrons. The summed E-state index contributed by atoms with van der Waals surface area (Å²) >= 11 is 0. The predicted molar refractivity (Wildman–Crippen MR) is 95.1 cm³/mol. The zero-order chi connectivity index (χ0) is 17.9. The van der Waals surface area contributed by atoms with Gasteiger partial charge in [-0.1, -0.05) is 19.3 Å². The summed E-state index contributed by atoms with van der Waals surface area (Å²) in [7, 11) is 0. The van der Waals surface area contributed by atoms with Crippen molar-refractivity contribution in [3.05, 3.63) is 40.9 Å². The SMILES string of the molecule is O=C(Cn1cnc(-c2ccc3c(c2)OCO3)cc1=O)NC1CCCCC1. The smallest absolute Gasteiger partial charge is 0.254 e. The second kappa shape index (κ2) is 7.19. The molecule has 26 heavy (non-hydrogen) atoms. The maximum atomic E-state index is 12.4. The molecule has 0 radical (unpaired) electrons. The van der Waals surface area contributed by atoms with E-state index >= 15 is 0 Å². The van der Waals surface area contributed by atoms with E-state index in [0.29, 0.717) is 17.2 Å². The van der Waals surface area contributed by atoms with Crippen molar-refractivity contribution in [2.45, 2.75) is 44.7 Å². The Morgan fingerprint density at radius 1 is 1.15 bits per heavy atom. The molecule has 1 N–H and O–H groups in total. The summed E-state index contributed by atoms with van der Waals surface area (Å²) in [4.78, 5) is 28.9. The fourth-order valence-corrected chi connectivity index (χ4v) is 3.43. The standard InChI is InChI=1S/C19H21N3O4/c23-18(21-14-4-2-1-3-5-14)10-22-11-20-15(9-19(22)24)13-6-7-16-17(8-13)26-12-25-16/h6-9,11,14H,1-5,10,12H2,(H,21,23). The predicted octanol–water partition coefficient (Wildman–Crippen LogP) is 2.09. The minimum atomic E-state index is -0.258. The number of rotatable bonds is 4. The summed E-state index contributed by atoms with van der Waals surface area (Å²) in [6.45, 7) is 0.188. The number of hydrogen-bond donors (Lipinski definition) is 1. The molecule has 1 amide bonds. The van der Waals surface area contributed by atoms with Gasteiger partial charge < -0.3 is 14.8 Å². The van der Waals surface area contributed by atoms with Crippen molar-refractivity contribution in [1.82, 2.24) is 14.9 Å². The summed E-state index contributed by atoms with van der Waals surface area (Å²) in [5.74, 6) is 1.18. The average molecular weight is 355 g/mol. The highest BCUT2D eigenvalue weighted by molar-refractivity contribution is 5.76. The second-order valence-corrected chi connectivity index (χ2v) is 6.71. The van der Waals surface area contributed by atoms with Crippen LogP contribution >= 0.6 is 0 Å². The molecule has 1 aliphatic carbocycles. The molecule has 2 aromatic rings. The summed E-state index contributed by atoms with van der Waals surface area (Å²) in [5, 5.41) is 3.01. The van der Waals surface area contributed by atoms with E-state index in [-0.39, 0.29) is 30.8 Å². The van der Waals surface area contributed by atoms with Crippen LogP contribution in [0, 0.1) is 0 Å². The van der Waals surface area contributed by atoms with Gasteiger partial charge in [0.25, 0.3) is 5.56 Å². The normalized spacial score (nSPS) is 16.5. The van der Waals surface area contributed by atoms with Gasteiger partial charge in [-0.3, -0.25) is 14.2 Å². The van der Waals surface area contributed by atoms with Gasteiger partial charge in [-0.05, 0) is 31.0 Å². The lowest BCUT2D eigenvalue weighted by atomic mass is 9.95. The van der Waals surface area contributed by atoms with Gasteiger partial charge in [0, 0.05) is 17.7 Å². The Balaban J connectivity index is 1.46. The Bertz CT molecular complexity index is 871. The van der Waals surface area contributed by atoms with Gasteiger partial charge in [0.2, 0.25) is 12.7 Å². The molecule has 1 aromatic heterocycles. The molecule has 1 aromatic carbocycles. The molecule has 4 rings (SSSR count). The Kier molecular flexibility index (Phi) is 4.60. The zero-order valence-electron chi connectivity index (χ0n) is 14.4. The maximum Gasteiger partial charge on any atom is 0.254 e. The lowest BCUT2D eigenvalue weighted by Crippen LogP contribution is -2.39. The average Bonchev–Trinajstić information content (AvgIpc) is 3.12. The number of aromatic nitrogens is 2. The van der Waals surface area contributed by atoms with Gasteiger partial charge in [-0.2, -0.15) is 0 Å². The lowest BCUT2D eigenvalue weighted by molar-refractivity contribution is -0.122. The van der Waals surface area contributed by atoms with Crippen LogP contribution in [0.1, 0.15) is 32.1 Å². The van der Waals surface area contributed by atoms with E-state index < -0.39 is 0 Å². The number of hydrogen-bond acceptors (Lipinski definition) is 5. The molecule has 0 spiro atoms. The van der Waals surface area contributed by atoms with Crippen molar-refractivity contribution in [2.75, 3.05) is 6.79 Å². The highest BCUT2D eigenvalue weighted by Crippen LogP contribution is 2.35. The molecule has 1 aliphatic heterocycles. The monoisotopic (exact) mass is 355 g/mol. The zero-order valence-corrected chi connectivity index (χ0v) is 14.4. The minimum Gasteiger partial charge on any atom is -0.454 e. The van der Waals surface area contributed by atoms with Crippen LogP contribution in [-0.4, -0.2) is 28.3 Å². The van der Waals surface area contributed by atoms with Crippen LogP contribution in [0.5, 0.6) is 11.5 Å². The van der Waals surface area contributed by atoms with E-state index in [0.717, 1.165) is 31.2 Å². The maximum absolute atomic E-state index is 12.4. The third-order valence-corrected chi connectivity index (χ3v) is 4.83. The number of fused-ring (bicyclic) bond motifs is 1. The highest BCUT2D eigenvalue weighted by Gasteiger charge is 2.17. The lowest BCUT2D eigenvalue weighted by Gasteiger charge is -2.22. The van der Waals surface area contributed by atoms with Gasteiger partial charge in [0.05, 0.1) is 12.0 Å². The molecule has 0 bridgehead atoms. The Morgan fingerprint density at radius 2 is 1.96 bits per heavy atom. The largest absolute Gasteiger partial charge is 0.454 e. The fraction of sp³-hybridized carbons (Fsp3) is 0.421. The van der Waals surface area contributed by atoms with Crippen molar-refractivity contribution in [3.8, 4) is 22.8 Å². The van der Waals surface area contributed by atoms with Crippen LogP contribution < -0.4 is 20.3 Å².